The first-order chi connectivity index (χ1) is 14.1. The highest BCUT2D eigenvalue weighted by Crippen LogP contribution is 2.52. The van der Waals surface area contributed by atoms with Crippen molar-refractivity contribution in [3.8, 4) is 11.5 Å². The zero-order valence-corrected chi connectivity index (χ0v) is 16.7. The summed E-state index contributed by atoms with van der Waals surface area (Å²) < 4.78 is 25.8. The normalized spacial score (nSPS) is 21.9. The zero-order chi connectivity index (χ0) is 20.0. The number of fused-ring (bicyclic) bond motifs is 3. The summed E-state index contributed by atoms with van der Waals surface area (Å²) in [6, 6.07) is 10.7. The second-order valence-electron chi connectivity index (χ2n) is 8.54. The summed E-state index contributed by atoms with van der Waals surface area (Å²) in [5.41, 5.74) is 2.87. The number of hydrogen-bond acceptors (Lipinski definition) is 3. The van der Waals surface area contributed by atoms with Crippen LogP contribution in [0.1, 0.15) is 55.3 Å². The van der Waals surface area contributed by atoms with Crippen molar-refractivity contribution in [3.05, 3.63) is 58.9 Å². The van der Waals surface area contributed by atoms with Crippen molar-refractivity contribution in [2.24, 2.45) is 0 Å². The van der Waals surface area contributed by atoms with Gasteiger partial charge in [-0.2, -0.15) is 0 Å². The van der Waals surface area contributed by atoms with Gasteiger partial charge in [0.25, 0.3) is 0 Å². The Kier molecular flexibility index (Phi) is 4.49. The first-order valence-corrected chi connectivity index (χ1v) is 10.5. The Morgan fingerprint density at radius 1 is 1.14 bits per heavy atom. The molecule has 1 saturated carbocycles. The topological polar surface area (TPSA) is 38.8 Å². The Morgan fingerprint density at radius 2 is 1.83 bits per heavy atom. The average Bonchev–Trinajstić information content (AvgIpc) is 3.21. The van der Waals surface area contributed by atoms with Crippen LogP contribution in [-0.2, 0) is 16.6 Å². The molecule has 3 aliphatic rings. The Balaban J connectivity index is 1.53. The number of ether oxygens (including phenoxy) is 2. The highest BCUT2D eigenvalue weighted by Gasteiger charge is 2.46. The predicted octanol–water partition coefficient (Wildman–Crippen LogP) is 4.55. The molecule has 2 aromatic carbocycles. The van der Waals surface area contributed by atoms with Crippen molar-refractivity contribution in [2.45, 2.75) is 50.5 Å². The molecule has 2 aromatic rings. The van der Waals surface area contributed by atoms with Crippen molar-refractivity contribution in [1.29, 1.82) is 0 Å². The van der Waals surface area contributed by atoms with E-state index < -0.39 is 0 Å². The maximum absolute atomic E-state index is 14.1. The van der Waals surface area contributed by atoms with Crippen LogP contribution in [0.3, 0.4) is 0 Å². The third-order valence-corrected chi connectivity index (χ3v) is 6.86. The molecule has 29 heavy (non-hydrogen) atoms. The van der Waals surface area contributed by atoms with Gasteiger partial charge < -0.3 is 14.4 Å². The molecule has 0 aromatic heterocycles. The summed E-state index contributed by atoms with van der Waals surface area (Å²) >= 11 is 0. The number of carbonyl (C=O) groups is 1. The number of rotatable bonds is 2. The largest absolute Gasteiger partial charge is 0.486 e. The van der Waals surface area contributed by atoms with Crippen LogP contribution in [0.4, 0.5) is 4.39 Å². The minimum atomic E-state index is -0.318. The van der Waals surface area contributed by atoms with E-state index in [-0.39, 0.29) is 29.6 Å². The quantitative estimate of drug-likeness (QED) is 0.749. The Bertz CT molecular complexity index is 951. The van der Waals surface area contributed by atoms with Crippen LogP contribution in [0, 0.1) is 5.82 Å². The van der Waals surface area contributed by atoms with E-state index in [9.17, 15) is 9.18 Å². The molecule has 1 spiro atoms. The Labute approximate surface area is 170 Å². The van der Waals surface area contributed by atoms with E-state index >= 15 is 0 Å². The molecular formula is C24H26FNO3. The molecule has 2 aliphatic heterocycles. The third kappa shape index (κ3) is 3.07. The van der Waals surface area contributed by atoms with Gasteiger partial charge in [0.2, 0.25) is 5.91 Å². The van der Waals surface area contributed by atoms with E-state index in [0.717, 1.165) is 42.7 Å². The molecule has 4 nitrogen and oxygen atoms in total. The molecule has 5 heteroatoms. The molecule has 2 heterocycles. The number of amides is 1. The molecule has 1 amide bonds. The van der Waals surface area contributed by atoms with Gasteiger partial charge in [0.15, 0.2) is 11.5 Å². The summed E-state index contributed by atoms with van der Waals surface area (Å²) in [7, 11) is 0. The van der Waals surface area contributed by atoms with Gasteiger partial charge in [-0.05, 0) is 54.7 Å². The molecule has 0 bridgehead atoms. The van der Waals surface area contributed by atoms with Crippen LogP contribution < -0.4 is 9.47 Å². The van der Waals surface area contributed by atoms with Gasteiger partial charge in [0.1, 0.15) is 19.0 Å². The van der Waals surface area contributed by atoms with Crippen LogP contribution in [0.2, 0.25) is 0 Å². The summed E-state index contributed by atoms with van der Waals surface area (Å²) in [5, 5.41) is 0. The standard InChI is InChI=1S/C24H26FNO3/c1-16-18-13-21-22(29-11-10-28-21)14-19(18)24(8-4-5-9-24)15-26(16)23(27)12-17-6-2-3-7-20(17)25/h2-3,6-7,13-14,16H,4-5,8-12,15H2,1H3. The second-order valence-corrected chi connectivity index (χ2v) is 8.54. The fourth-order valence-electron chi connectivity index (χ4n) is 5.32. The number of halogens is 1. The highest BCUT2D eigenvalue weighted by atomic mass is 19.1. The minimum Gasteiger partial charge on any atom is -0.486 e. The van der Waals surface area contributed by atoms with Crippen LogP contribution in [0.5, 0.6) is 11.5 Å². The average molecular weight is 395 g/mol. The molecule has 0 N–H and O–H groups in total. The number of benzene rings is 2. The Morgan fingerprint density at radius 3 is 2.55 bits per heavy atom. The molecule has 1 unspecified atom stereocenters. The predicted molar refractivity (Wildman–Crippen MR) is 108 cm³/mol. The summed E-state index contributed by atoms with van der Waals surface area (Å²) in [6.45, 7) is 3.87. The van der Waals surface area contributed by atoms with Crippen LogP contribution >= 0.6 is 0 Å². The second kappa shape index (κ2) is 7.05. The van der Waals surface area contributed by atoms with E-state index in [1.807, 2.05) is 4.90 Å². The lowest BCUT2D eigenvalue weighted by atomic mass is 9.71. The van der Waals surface area contributed by atoms with Crippen LogP contribution in [-0.4, -0.2) is 30.6 Å². The van der Waals surface area contributed by atoms with E-state index in [1.165, 1.54) is 11.6 Å². The molecule has 152 valence electrons. The monoisotopic (exact) mass is 395 g/mol. The van der Waals surface area contributed by atoms with Crippen molar-refractivity contribution in [2.75, 3.05) is 19.8 Å². The van der Waals surface area contributed by atoms with Gasteiger partial charge in [-0.1, -0.05) is 31.0 Å². The van der Waals surface area contributed by atoms with Gasteiger partial charge >= 0.3 is 0 Å². The fourth-order valence-corrected chi connectivity index (χ4v) is 5.32. The minimum absolute atomic E-state index is 0.0191. The van der Waals surface area contributed by atoms with Gasteiger partial charge in [0, 0.05) is 12.0 Å². The van der Waals surface area contributed by atoms with Crippen molar-refractivity contribution in [3.63, 3.8) is 0 Å². The van der Waals surface area contributed by atoms with Crippen LogP contribution in [0.15, 0.2) is 36.4 Å². The summed E-state index contributed by atoms with van der Waals surface area (Å²) in [5.74, 6) is 1.24. The van der Waals surface area contributed by atoms with Crippen molar-refractivity contribution >= 4 is 5.91 Å². The van der Waals surface area contributed by atoms with Gasteiger partial charge in [0.05, 0.1) is 12.5 Å². The Hall–Kier alpha value is -2.56. The van der Waals surface area contributed by atoms with E-state index in [0.29, 0.717) is 25.3 Å². The molecule has 5 rings (SSSR count). The maximum atomic E-state index is 14.1. The lowest BCUT2D eigenvalue weighted by Gasteiger charge is -2.46. The number of nitrogens with zero attached hydrogens (tertiary/aromatic N) is 1. The lowest BCUT2D eigenvalue weighted by molar-refractivity contribution is -0.134. The van der Waals surface area contributed by atoms with E-state index in [4.69, 9.17) is 9.47 Å². The summed E-state index contributed by atoms with van der Waals surface area (Å²) in [6.07, 6.45) is 4.55. The summed E-state index contributed by atoms with van der Waals surface area (Å²) in [4.78, 5) is 15.2. The molecule has 1 atom stereocenters. The van der Waals surface area contributed by atoms with Crippen LogP contribution in [0.25, 0.3) is 0 Å². The van der Waals surface area contributed by atoms with E-state index in [1.54, 1.807) is 18.2 Å². The van der Waals surface area contributed by atoms with Crippen molar-refractivity contribution < 1.29 is 18.7 Å². The molecule has 1 fully saturated rings. The molecular weight excluding hydrogens is 369 g/mol. The smallest absolute Gasteiger partial charge is 0.227 e. The van der Waals surface area contributed by atoms with Crippen molar-refractivity contribution in [1.82, 2.24) is 4.90 Å². The van der Waals surface area contributed by atoms with Gasteiger partial charge in [-0.25, -0.2) is 4.39 Å². The lowest BCUT2D eigenvalue weighted by Crippen LogP contribution is -2.49. The molecule has 1 aliphatic carbocycles. The molecule has 0 radical (unpaired) electrons. The SMILES string of the molecule is CC1c2cc3c(cc2C2(CCCC2)CN1C(=O)Cc1ccccc1F)OCCO3. The van der Waals surface area contributed by atoms with Gasteiger partial charge in [-0.15, -0.1) is 0 Å². The maximum Gasteiger partial charge on any atom is 0.227 e. The first-order valence-electron chi connectivity index (χ1n) is 10.5. The number of hydrogen-bond donors (Lipinski definition) is 0. The highest BCUT2D eigenvalue weighted by molar-refractivity contribution is 5.80. The molecule has 0 saturated heterocycles. The number of carbonyl (C=O) groups excluding carboxylic acids is 1. The third-order valence-electron chi connectivity index (χ3n) is 6.86. The van der Waals surface area contributed by atoms with E-state index in [2.05, 4.69) is 19.1 Å². The fraction of sp³-hybridized carbons (Fsp3) is 0.458. The zero-order valence-electron chi connectivity index (χ0n) is 16.7. The van der Waals surface area contributed by atoms with Gasteiger partial charge in [-0.3, -0.25) is 4.79 Å². The first kappa shape index (κ1) is 18.5.